The number of nitrogens with zero attached hydrogens (tertiary/aromatic N) is 1. The van der Waals surface area contributed by atoms with E-state index in [2.05, 4.69) is 15.6 Å². The topological polar surface area (TPSA) is 80.3 Å². The Morgan fingerprint density at radius 3 is 2.29 bits per heavy atom. The van der Waals surface area contributed by atoms with E-state index in [1.807, 2.05) is 36.4 Å². The molecular weight excluding hydrogens is 306 g/mol. The Bertz CT molecular complexity index is 657. The number of carbonyl (C=O) groups excluding carboxylic acids is 2. The van der Waals surface area contributed by atoms with Crippen LogP contribution in [0.1, 0.15) is 17.5 Å². The molecule has 1 aromatic carbocycles. The highest BCUT2D eigenvalue weighted by Gasteiger charge is 2.08. The molecule has 126 valence electrons. The molecule has 6 nitrogen and oxygen atoms in total. The number of carbonyl (C=O) groups is 2. The van der Waals surface area contributed by atoms with E-state index in [4.69, 9.17) is 4.74 Å². The van der Waals surface area contributed by atoms with Crippen molar-refractivity contribution in [2.75, 3.05) is 13.7 Å². The molecule has 0 bridgehead atoms. The Kier molecular flexibility index (Phi) is 6.76. The molecule has 2 rings (SSSR count). The van der Waals surface area contributed by atoms with Crippen LogP contribution in [0.2, 0.25) is 0 Å². The standard InChI is InChI=1S/C18H21N3O3/c1-24-16-4-2-14(3-5-16)8-11-20-17(22)12-18(23)21-13-15-6-9-19-10-7-15/h2-7,9-10H,8,11-13H2,1H3,(H,20,22)(H,21,23). The summed E-state index contributed by atoms with van der Waals surface area (Å²) >= 11 is 0. The minimum absolute atomic E-state index is 0.173. The van der Waals surface area contributed by atoms with Crippen molar-refractivity contribution in [3.05, 3.63) is 59.9 Å². The van der Waals surface area contributed by atoms with Gasteiger partial charge in [-0.1, -0.05) is 12.1 Å². The van der Waals surface area contributed by atoms with Crippen LogP contribution in [0, 0.1) is 0 Å². The fourth-order valence-electron chi connectivity index (χ4n) is 2.11. The van der Waals surface area contributed by atoms with E-state index in [0.29, 0.717) is 19.5 Å². The summed E-state index contributed by atoms with van der Waals surface area (Å²) in [4.78, 5) is 27.4. The van der Waals surface area contributed by atoms with Gasteiger partial charge in [0, 0.05) is 25.5 Å². The zero-order chi connectivity index (χ0) is 17.2. The number of nitrogens with one attached hydrogen (secondary N) is 2. The normalized spacial score (nSPS) is 10.0. The van der Waals surface area contributed by atoms with Gasteiger partial charge in [-0.3, -0.25) is 14.6 Å². The summed E-state index contributed by atoms with van der Waals surface area (Å²) in [5.74, 6) is 0.221. The molecule has 6 heteroatoms. The molecule has 2 amide bonds. The third-order valence-corrected chi connectivity index (χ3v) is 3.46. The quantitative estimate of drug-likeness (QED) is 0.719. The fraction of sp³-hybridized carbons (Fsp3) is 0.278. The number of amides is 2. The molecule has 0 aliphatic carbocycles. The molecule has 0 unspecified atom stereocenters. The van der Waals surface area contributed by atoms with Crippen LogP contribution in [-0.4, -0.2) is 30.5 Å². The summed E-state index contributed by atoms with van der Waals surface area (Å²) in [6, 6.07) is 11.3. The van der Waals surface area contributed by atoms with E-state index in [9.17, 15) is 9.59 Å². The zero-order valence-electron chi connectivity index (χ0n) is 13.6. The highest BCUT2D eigenvalue weighted by molar-refractivity contribution is 5.96. The molecule has 24 heavy (non-hydrogen) atoms. The number of hydrogen-bond donors (Lipinski definition) is 2. The second kappa shape index (κ2) is 9.29. The lowest BCUT2D eigenvalue weighted by atomic mass is 10.1. The average molecular weight is 327 g/mol. The molecule has 0 radical (unpaired) electrons. The monoisotopic (exact) mass is 327 g/mol. The van der Waals surface area contributed by atoms with E-state index in [1.54, 1.807) is 19.5 Å². The summed E-state index contributed by atoms with van der Waals surface area (Å²) in [7, 11) is 1.62. The van der Waals surface area contributed by atoms with Gasteiger partial charge in [-0.15, -0.1) is 0 Å². The van der Waals surface area contributed by atoms with Crippen molar-refractivity contribution in [2.24, 2.45) is 0 Å². The van der Waals surface area contributed by atoms with Crippen molar-refractivity contribution in [1.29, 1.82) is 0 Å². The van der Waals surface area contributed by atoms with E-state index in [-0.39, 0.29) is 18.2 Å². The van der Waals surface area contributed by atoms with Crippen LogP contribution >= 0.6 is 0 Å². The van der Waals surface area contributed by atoms with Crippen LogP contribution in [0.25, 0.3) is 0 Å². The fourth-order valence-corrected chi connectivity index (χ4v) is 2.11. The minimum atomic E-state index is -0.297. The van der Waals surface area contributed by atoms with Crippen molar-refractivity contribution in [3.63, 3.8) is 0 Å². The predicted molar refractivity (Wildman–Crippen MR) is 90.4 cm³/mol. The summed E-state index contributed by atoms with van der Waals surface area (Å²) in [5.41, 5.74) is 2.04. The second-order valence-electron chi connectivity index (χ2n) is 5.26. The number of pyridine rings is 1. The van der Waals surface area contributed by atoms with Gasteiger partial charge >= 0.3 is 0 Å². The minimum Gasteiger partial charge on any atom is -0.497 e. The van der Waals surface area contributed by atoms with Crippen molar-refractivity contribution in [3.8, 4) is 5.75 Å². The lowest BCUT2D eigenvalue weighted by Crippen LogP contribution is -2.32. The zero-order valence-corrected chi connectivity index (χ0v) is 13.6. The number of benzene rings is 1. The first-order chi connectivity index (χ1) is 11.7. The van der Waals surface area contributed by atoms with Crippen LogP contribution in [0.15, 0.2) is 48.8 Å². The van der Waals surface area contributed by atoms with Gasteiger partial charge in [0.05, 0.1) is 7.11 Å². The highest BCUT2D eigenvalue weighted by Crippen LogP contribution is 2.11. The summed E-state index contributed by atoms with van der Waals surface area (Å²) in [5, 5.41) is 5.46. The van der Waals surface area contributed by atoms with Gasteiger partial charge in [0.1, 0.15) is 12.2 Å². The summed E-state index contributed by atoms with van der Waals surface area (Å²) < 4.78 is 5.09. The molecule has 0 atom stereocenters. The van der Waals surface area contributed by atoms with Crippen LogP contribution in [0.4, 0.5) is 0 Å². The maximum Gasteiger partial charge on any atom is 0.229 e. The van der Waals surface area contributed by atoms with E-state index in [1.165, 1.54) is 0 Å². The maximum atomic E-state index is 11.8. The Morgan fingerprint density at radius 1 is 0.958 bits per heavy atom. The Labute approximate surface area is 141 Å². The molecule has 1 aromatic heterocycles. The largest absolute Gasteiger partial charge is 0.497 e. The summed E-state index contributed by atoms with van der Waals surface area (Å²) in [6.45, 7) is 0.878. The first-order valence-electron chi connectivity index (χ1n) is 7.72. The molecule has 0 aliphatic rings. The van der Waals surface area contributed by atoms with Crippen molar-refractivity contribution in [1.82, 2.24) is 15.6 Å². The van der Waals surface area contributed by atoms with Gasteiger partial charge < -0.3 is 15.4 Å². The van der Waals surface area contributed by atoms with Gasteiger partial charge in [0.25, 0.3) is 0 Å². The van der Waals surface area contributed by atoms with E-state index in [0.717, 1.165) is 16.9 Å². The van der Waals surface area contributed by atoms with Crippen LogP contribution < -0.4 is 15.4 Å². The second-order valence-corrected chi connectivity index (χ2v) is 5.26. The first-order valence-corrected chi connectivity index (χ1v) is 7.72. The predicted octanol–water partition coefficient (Wildman–Crippen LogP) is 1.46. The van der Waals surface area contributed by atoms with Gasteiger partial charge in [0.2, 0.25) is 11.8 Å². The van der Waals surface area contributed by atoms with Gasteiger partial charge in [-0.25, -0.2) is 0 Å². The van der Waals surface area contributed by atoms with Crippen molar-refractivity contribution >= 4 is 11.8 Å². The van der Waals surface area contributed by atoms with E-state index >= 15 is 0 Å². The third kappa shape index (κ3) is 6.08. The molecule has 0 spiro atoms. The number of methoxy groups -OCH3 is 1. The van der Waals surface area contributed by atoms with Gasteiger partial charge in [-0.2, -0.15) is 0 Å². The van der Waals surface area contributed by atoms with Crippen molar-refractivity contribution < 1.29 is 14.3 Å². The van der Waals surface area contributed by atoms with Gasteiger partial charge in [-0.05, 0) is 41.8 Å². The molecular formula is C18H21N3O3. The average Bonchev–Trinajstić information content (AvgIpc) is 2.61. The number of rotatable bonds is 8. The number of ether oxygens (including phenoxy) is 1. The molecule has 0 fully saturated rings. The SMILES string of the molecule is COc1ccc(CCNC(=O)CC(=O)NCc2ccncc2)cc1. The molecule has 2 N–H and O–H groups in total. The smallest absolute Gasteiger partial charge is 0.229 e. The Morgan fingerprint density at radius 2 is 1.62 bits per heavy atom. The Balaban J connectivity index is 1.64. The maximum absolute atomic E-state index is 11.8. The lowest BCUT2D eigenvalue weighted by molar-refractivity contribution is -0.129. The van der Waals surface area contributed by atoms with Crippen molar-refractivity contribution in [2.45, 2.75) is 19.4 Å². The lowest BCUT2D eigenvalue weighted by Gasteiger charge is -2.07. The third-order valence-electron chi connectivity index (χ3n) is 3.46. The number of aromatic nitrogens is 1. The van der Waals surface area contributed by atoms with E-state index < -0.39 is 0 Å². The van der Waals surface area contributed by atoms with Gasteiger partial charge in [0.15, 0.2) is 0 Å². The molecule has 0 saturated carbocycles. The first kappa shape index (κ1) is 17.5. The summed E-state index contributed by atoms with van der Waals surface area (Å²) in [6.07, 6.45) is 3.85. The van der Waals surface area contributed by atoms with Crippen LogP contribution in [0.3, 0.4) is 0 Å². The molecule has 0 aliphatic heterocycles. The molecule has 0 saturated heterocycles. The molecule has 2 aromatic rings. The molecule has 1 heterocycles. The highest BCUT2D eigenvalue weighted by atomic mass is 16.5. The Hall–Kier alpha value is -2.89. The number of hydrogen-bond acceptors (Lipinski definition) is 4. The van der Waals surface area contributed by atoms with Crippen LogP contribution in [-0.2, 0) is 22.6 Å². The van der Waals surface area contributed by atoms with Crippen LogP contribution in [0.5, 0.6) is 5.75 Å².